The molecule has 0 aromatic rings. The van der Waals surface area contributed by atoms with Crippen LogP contribution in [0.2, 0.25) is 0 Å². The summed E-state index contributed by atoms with van der Waals surface area (Å²) in [6, 6.07) is 0. The van der Waals surface area contributed by atoms with Crippen molar-refractivity contribution >= 4 is 0 Å². The lowest BCUT2D eigenvalue weighted by molar-refractivity contribution is 0.231. The summed E-state index contributed by atoms with van der Waals surface area (Å²) in [5.74, 6) is 0. The highest BCUT2D eigenvalue weighted by molar-refractivity contribution is 5.00. The first-order chi connectivity index (χ1) is 3.18. The molecular weight excluding hydrogens is 88.1 g/mol. The van der Waals surface area contributed by atoms with Crippen molar-refractivity contribution in [3.63, 3.8) is 0 Å². The molecule has 0 unspecified atom stereocenters. The van der Waals surface area contributed by atoms with Crippen LogP contribution in [0, 0.1) is 0 Å². The molecule has 0 amide bonds. The van der Waals surface area contributed by atoms with Gasteiger partial charge in [-0.15, -0.1) is 0 Å². The van der Waals surface area contributed by atoms with Gasteiger partial charge >= 0.3 is 0 Å². The maximum atomic E-state index is 8.75. The van der Waals surface area contributed by atoms with E-state index < -0.39 is 0 Å². The molecule has 1 nitrogen and oxygen atoms in total. The van der Waals surface area contributed by atoms with Gasteiger partial charge in [0.1, 0.15) is 0 Å². The first-order valence-electron chi connectivity index (χ1n) is 2.49. The highest BCUT2D eigenvalue weighted by Crippen LogP contribution is 1.96. The molecule has 0 radical (unpaired) electrons. The van der Waals surface area contributed by atoms with E-state index >= 15 is 0 Å². The third-order valence-electron chi connectivity index (χ3n) is 1.11. The van der Waals surface area contributed by atoms with Crippen molar-refractivity contribution in [1.82, 2.24) is 0 Å². The number of rotatable bonds is 1. The summed E-state index contributed by atoms with van der Waals surface area (Å²) in [5.41, 5.74) is 1.03. The van der Waals surface area contributed by atoms with E-state index in [0.717, 1.165) is 5.57 Å². The third kappa shape index (κ3) is 2.40. The second kappa shape index (κ2) is 2.80. The fourth-order valence-corrected chi connectivity index (χ4v) is 0.241. The fraction of sp³-hybridized carbons (Fsp3) is 0.667. The average molecular weight is 100 g/mol. The number of allylic oxidation sites excluding steroid dienone is 1. The molecule has 0 aromatic heterocycles. The van der Waals surface area contributed by atoms with Crippen LogP contribution in [0.4, 0.5) is 0 Å². The number of hydrogen-bond donors (Lipinski definition) is 1. The van der Waals surface area contributed by atoms with Gasteiger partial charge in [0.15, 0.2) is 0 Å². The maximum absolute atomic E-state index is 8.75. The van der Waals surface area contributed by atoms with E-state index in [0.29, 0.717) is 0 Å². The van der Waals surface area contributed by atoms with Gasteiger partial charge in [-0.25, -0.2) is 0 Å². The molecule has 0 aliphatic carbocycles. The van der Waals surface area contributed by atoms with Crippen molar-refractivity contribution in [2.24, 2.45) is 0 Å². The van der Waals surface area contributed by atoms with Crippen molar-refractivity contribution in [1.29, 1.82) is 0 Å². The van der Waals surface area contributed by atoms with Gasteiger partial charge in [-0.05, 0) is 26.3 Å². The molecule has 0 saturated carbocycles. The van der Waals surface area contributed by atoms with Crippen molar-refractivity contribution < 1.29 is 5.11 Å². The normalized spacial score (nSPS) is 16.9. The van der Waals surface area contributed by atoms with Crippen LogP contribution in [0.3, 0.4) is 0 Å². The van der Waals surface area contributed by atoms with Crippen molar-refractivity contribution in [2.75, 3.05) is 0 Å². The summed E-state index contributed by atoms with van der Waals surface area (Å²) < 4.78 is 0. The molecule has 1 N–H and O–H groups in total. The van der Waals surface area contributed by atoms with E-state index in [4.69, 9.17) is 5.11 Å². The van der Waals surface area contributed by atoms with E-state index in [-0.39, 0.29) is 6.10 Å². The Labute approximate surface area is 44.7 Å². The molecular formula is C6H12O. The smallest absolute Gasteiger partial charge is 0.0719 e. The predicted molar refractivity (Wildman–Crippen MR) is 31.1 cm³/mol. The van der Waals surface area contributed by atoms with E-state index in [1.165, 1.54) is 0 Å². The quantitative estimate of drug-likeness (QED) is 0.493. The SMILES string of the molecule is C/C=C(\C)[C@@H](C)O. The summed E-state index contributed by atoms with van der Waals surface area (Å²) in [6.45, 7) is 5.59. The molecule has 0 saturated heterocycles. The van der Waals surface area contributed by atoms with Gasteiger partial charge in [-0.3, -0.25) is 0 Å². The van der Waals surface area contributed by atoms with Crippen LogP contribution in [-0.4, -0.2) is 11.2 Å². The van der Waals surface area contributed by atoms with Crippen LogP contribution in [0.25, 0.3) is 0 Å². The molecule has 0 aliphatic heterocycles. The predicted octanol–water partition coefficient (Wildman–Crippen LogP) is 1.33. The average Bonchev–Trinajstić information content (AvgIpc) is 1.65. The number of hydrogen-bond acceptors (Lipinski definition) is 1. The largest absolute Gasteiger partial charge is 0.389 e. The number of aliphatic hydroxyl groups is 1. The maximum Gasteiger partial charge on any atom is 0.0719 e. The Morgan fingerprint density at radius 1 is 1.71 bits per heavy atom. The number of aliphatic hydroxyl groups excluding tert-OH is 1. The molecule has 0 rings (SSSR count). The van der Waals surface area contributed by atoms with E-state index in [2.05, 4.69) is 0 Å². The van der Waals surface area contributed by atoms with Gasteiger partial charge in [0, 0.05) is 0 Å². The highest BCUT2D eigenvalue weighted by atomic mass is 16.3. The molecule has 0 aromatic carbocycles. The molecule has 0 spiro atoms. The summed E-state index contributed by atoms with van der Waals surface area (Å²) in [4.78, 5) is 0. The van der Waals surface area contributed by atoms with Crippen LogP contribution < -0.4 is 0 Å². The molecule has 0 fully saturated rings. The Bertz CT molecular complexity index is 72.2. The Morgan fingerprint density at radius 2 is 2.14 bits per heavy atom. The lowest BCUT2D eigenvalue weighted by Gasteiger charge is -1.99. The third-order valence-corrected chi connectivity index (χ3v) is 1.11. The van der Waals surface area contributed by atoms with Crippen LogP contribution in [0.1, 0.15) is 20.8 Å². The van der Waals surface area contributed by atoms with Gasteiger partial charge in [-0.2, -0.15) is 0 Å². The minimum Gasteiger partial charge on any atom is -0.389 e. The monoisotopic (exact) mass is 100 g/mol. The molecule has 0 bridgehead atoms. The van der Waals surface area contributed by atoms with Gasteiger partial charge in [-0.1, -0.05) is 6.08 Å². The minimum absolute atomic E-state index is 0.273. The Balaban J connectivity index is 3.56. The summed E-state index contributed by atoms with van der Waals surface area (Å²) in [7, 11) is 0. The lowest BCUT2D eigenvalue weighted by Crippen LogP contribution is -1.99. The second-order valence-electron chi connectivity index (χ2n) is 1.71. The van der Waals surface area contributed by atoms with Crippen LogP contribution in [-0.2, 0) is 0 Å². The Kier molecular flexibility index (Phi) is 2.68. The Morgan fingerprint density at radius 3 is 2.14 bits per heavy atom. The van der Waals surface area contributed by atoms with Gasteiger partial charge in [0.05, 0.1) is 6.10 Å². The summed E-state index contributed by atoms with van der Waals surface area (Å²) in [5, 5.41) is 8.75. The zero-order valence-electron chi connectivity index (χ0n) is 5.10. The van der Waals surface area contributed by atoms with Gasteiger partial charge in [0.2, 0.25) is 0 Å². The molecule has 1 atom stereocenters. The van der Waals surface area contributed by atoms with Crippen LogP contribution >= 0.6 is 0 Å². The molecule has 0 heterocycles. The van der Waals surface area contributed by atoms with Gasteiger partial charge < -0.3 is 5.11 Å². The van der Waals surface area contributed by atoms with Crippen molar-refractivity contribution in [3.8, 4) is 0 Å². The van der Waals surface area contributed by atoms with E-state index in [1.54, 1.807) is 6.92 Å². The van der Waals surface area contributed by atoms with Crippen molar-refractivity contribution in [2.45, 2.75) is 26.9 Å². The summed E-state index contributed by atoms with van der Waals surface area (Å²) in [6.07, 6.45) is 1.63. The fourth-order valence-electron chi connectivity index (χ4n) is 0.241. The Hall–Kier alpha value is -0.300. The lowest BCUT2D eigenvalue weighted by atomic mass is 10.2. The zero-order valence-corrected chi connectivity index (χ0v) is 5.10. The van der Waals surface area contributed by atoms with E-state index in [9.17, 15) is 0 Å². The van der Waals surface area contributed by atoms with Crippen molar-refractivity contribution in [3.05, 3.63) is 11.6 Å². The van der Waals surface area contributed by atoms with Crippen LogP contribution in [0.15, 0.2) is 11.6 Å². The first-order valence-corrected chi connectivity index (χ1v) is 2.49. The van der Waals surface area contributed by atoms with Gasteiger partial charge in [0.25, 0.3) is 0 Å². The minimum atomic E-state index is -0.273. The zero-order chi connectivity index (χ0) is 5.86. The first kappa shape index (κ1) is 6.70. The summed E-state index contributed by atoms with van der Waals surface area (Å²) >= 11 is 0. The second-order valence-corrected chi connectivity index (χ2v) is 1.71. The molecule has 1 heteroatoms. The highest BCUT2D eigenvalue weighted by Gasteiger charge is 1.92. The molecule has 7 heavy (non-hydrogen) atoms. The topological polar surface area (TPSA) is 20.2 Å². The molecule has 42 valence electrons. The van der Waals surface area contributed by atoms with E-state index in [1.807, 2.05) is 19.9 Å². The molecule has 0 aliphatic rings. The standard InChI is InChI=1S/C6H12O/c1-4-5(2)6(3)7/h4,6-7H,1-3H3/b5-4+/t6-/m1/s1. The van der Waals surface area contributed by atoms with Crippen LogP contribution in [0.5, 0.6) is 0 Å².